The number of nitrogens with zero attached hydrogens (tertiary/aromatic N) is 2. The predicted octanol–water partition coefficient (Wildman–Crippen LogP) is 2.94. The van der Waals surface area contributed by atoms with Gasteiger partial charge in [-0.25, -0.2) is 0 Å². The van der Waals surface area contributed by atoms with E-state index in [9.17, 15) is 4.79 Å². The van der Waals surface area contributed by atoms with Gasteiger partial charge in [-0.1, -0.05) is 25.4 Å². The fourth-order valence-corrected chi connectivity index (χ4v) is 1.96. The third-order valence-corrected chi connectivity index (χ3v) is 2.77. The maximum absolute atomic E-state index is 12.3. The summed E-state index contributed by atoms with van der Waals surface area (Å²) in [4.78, 5) is 12.3. The first kappa shape index (κ1) is 14.2. The standard InChI is InChI=1S/C12H19ClN2O2/c1-4-7-15-11(9(13)8-14-15)12(16)10(5-2)17-6-3/h8,10H,4-7H2,1-3H3. The van der Waals surface area contributed by atoms with Crippen molar-refractivity contribution in [2.75, 3.05) is 6.61 Å². The van der Waals surface area contributed by atoms with Crippen LogP contribution in [0, 0.1) is 0 Å². The molecule has 1 heterocycles. The van der Waals surface area contributed by atoms with Crippen molar-refractivity contribution in [2.45, 2.75) is 46.3 Å². The molecular formula is C12H19ClN2O2. The Morgan fingerprint density at radius 1 is 1.53 bits per heavy atom. The molecule has 96 valence electrons. The molecule has 0 aliphatic rings. The second-order valence-corrected chi connectivity index (χ2v) is 4.19. The van der Waals surface area contributed by atoms with E-state index in [0.29, 0.717) is 30.3 Å². The molecule has 0 spiro atoms. The molecular weight excluding hydrogens is 240 g/mol. The first-order valence-electron chi connectivity index (χ1n) is 6.02. The fraction of sp³-hybridized carbons (Fsp3) is 0.667. The molecule has 17 heavy (non-hydrogen) atoms. The maximum Gasteiger partial charge on any atom is 0.211 e. The van der Waals surface area contributed by atoms with Crippen molar-refractivity contribution < 1.29 is 9.53 Å². The number of hydrogen-bond acceptors (Lipinski definition) is 3. The average molecular weight is 259 g/mol. The minimum atomic E-state index is -0.426. The van der Waals surface area contributed by atoms with Crippen molar-refractivity contribution in [3.05, 3.63) is 16.9 Å². The van der Waals surface area contributed by atoms with Gasteiger partial charge in [0.1, 0.15) is 11.8 Å². The average Bonchev–Trinajstić information content (AvgIpc) is 2.67. The molecule has 0 saturated carbocycles. The van der Waals surface area contributed by atoms with Gasteiger partial charge in [0.15, 0.2) is 0 Å². The van der Waals surface area contributed by atoms with Gasteiger partial charge in [0.05, 0.1) is 11.2 Å². The number of aromatic nitrogens is 2. The number of carbonyl (C=O) groups excluding carboxylic acids is 1. The van der Waals surface area contributed by atoms with Gasteiger partial charge in [-0.3, -0.25) is 9.48 Å². The summed E-state index contributed by atoms with van der Waals surface area (Å²) >= 11 is 6.02. The largest absolute Gasteiger partial charge is 0.370 e. The van der Waals surface area contributed by atoms with Gasteiger partial charge in [0.25, 0.3) is 0 Å². The van der Waals surface area contributed by atoms with Crippen LogP contribution in [0.2, 0.25) is 5.02 Å². The number of halogens is 1. The molecule has 0 saturated heterocycles. The molecule has 1 unspecified atom stereocenters. The molecule has 0 amide bonds. The normalized spacial score (nSPS) is 12.7. The van der Waals surface area contributed by atoms with Gasteiger partial charge in [-0.15, -0.1) is 0 Å². The summed E-state index contributed by atoms with van der Waals surface area (Å²) in [7, 11) is 0. The van der Waals surface area contributed by atoms with E-state index in [1.807, 2.05) is 20.8 Å². The highest BCUT2D eigenvalue weighted by Crippen LogP contribution is 2.19. The zero-order valence-electron chi connectivity index (χ0n) is 10.6. The Kier molecular flexibility index (Phi) is 5.65. The van der Waals surface area contributed by atoms with Crippen LogP contribution >= 0.6 is 11.6 Å². The Morgan fingerprint density at radius 3 is 2.76 bits per heavy atom. The van der Waals surface area contributed by atoms with Crippen molar-refractivity contribution in [3.8, 4) is 0 Å². The van der Waals surface area contributed by atoms with Crippen molar-refractivity contribution in [1.82, 2.24) is 9.78 Å². The van der Waals surface area contributed by atoms with Crippen LogP contribution in [0.4, 0.5) is 0 Å². The smallest absolute Gasteiger partial charge is 0.211 e. The highest BCUT2D eigenvalue weighted by Gasteiger charge is 2.24. The Balaban J connectivity index is 2.96. The van der Waals surface area contributed by atoms with Crippen LogP contribution in [0.3, 0.4) is 0 Å². The fourth-order valence-electron chi connectivity index (χ4n) is 1.72. The van der Waals surface area contributed by atoms with Crippen LogP contribution in [0.1, 0.15) is 44.1 Å². The highest BCUT2D eigenvalue weighted by atomic mass is 35.5. The van der Waals surface area contributed by atoms with Crippen LogP contribution < -0.4 is 0 Å². The van der Waals surface area contributed by atoms with E-state index in [1.54, 1.807) is 4.68 Å². The number of ether oxygens (including phenoxy) is 1. The van der Waals surface area contributed by atoms with Crippen molar-refractivity contribution in [3.63, 3.8) is 0 Å². The summed E-state index contributed by atoms with van der Waals surface area (Å²) in [6.45, 7) is 7.04. The third kappa shape index (κ3) is 3.30. The van der Waals surface area contributed by atoms with Crippen LogP contribution in [0.15, 0.2) is 6.20 Å². The molecule has 1 aromatic rings. The first-order valence-corrected chi connectivity index (χ1v) is 6.40. The number of hydrogen-bond donors (Lipinski definition) is 0. The quantitative estimate of drug-likeness (QED) is 0.707. The molecule has 5 heteroatoms. The third-order valence-electron chi connectivity index (χ3n) is 2.49. The van der Waals surface area contributed by atoms with Gasteiger partial charge in [0, 0.05) is 13.2 Å². The maximum atomic E-state index is 12.3. The van der Waals surface area contributed by atoms with Crippen LogP contribution in [0.25, 0.3) is 0 Å². The number of rotatable bonds is 7. The van der Waals surface area contributed by atoms with E-state index < -0.39 is 6.10 Å². The number of aryl methyl sites for hydroxylation is 1. The van der Waals surface area contributed by atoms with Gasteiger partial charge in [0.2, 0.25) is 5.78 Å². The van der Waals surface area contributed by atoms with E-state index in [1.165, 1.54) is 6.20 Å². The lowest BCUT2D eigenvalue weighted by Gasteiger charge is -2.14. The van der Waals surface area contributed by atoms with E-state index in [4.69, 9.17) is 16.3 Å². The highest BCUT2D eigenvalue weighted by molar-refractivity contribution is 6.33. The minimum Gasteiger partial charge on any atom is -0.370 e. The molecule has 1 aromatic heterocycles. The van der Waals surface area contributed by atoms with E-state index in [-0.39, 0.29) is 5.78 Å². The lowest BCUT2D eigenvalue weighted by atomic mass is 10.1. The molecule has 0 bridgehead atoms. The summed E-state index contributed by atoms with van der Waals surface area (Å²) in [6, 6.07) is 0. The zero-order chi connectivity index (χ0) is 12.8. The van der Waals surface area contributed by atoms with Crippen molar-refractivity contribution in [2.24, 2.45) is 0 Å². The molecule has 0 fully saturated rings. The molecule has 0 radical (unpaired) electrons. The van der Waals surface area contributed by atoms with Crippen molar-refractivity contribution in [1.29, 1.82) is 0 Å². The molecule has 1 atom stereocenters. The topological polar surface area (TPSA) is 44.1 Å². The minimum absolute atomic E-state index is 0.0784. The second-order valence-electron chi connectivity index (χ2n) is 3.78. The van der Waals surface area contributed by atoms with Gasteiger partial charge < -0.3 is 4.74 Å². The van der Waals surface area contributed by atoms with Crippen molar-refractivity contribution >= 4 is 17.4 Å². The molecule has 0 aliphatic carbocycles. The molecule has 0 N–H and O–H groups in total. The Morgan fingerprint density at radius 2 is 2.24 bits per heavy atom. The summed E-state index contributed by atoms with van der Waals surface area (Å²) in [5.41, 5.74) is 0.466. The lowest BCUT2D eigenvalue weighted by molar-refractivity contribution is 0.0434. The number of ketones is 1. The monoisotopic (exact) mass is 258 g/mol. The summed E-state index contributed by atoms with van der Waals surface area (Å²) in [5, 5.41) is 4.52. The lowest BCUT2D eigenvalue weighted by Crippen LogP contribution is -2.26. The molecule has 0 aromatic carbocycles. The van der Waals surface area contributed by atoms with Gasteiger partial charge >= 0.3 is 0 Å². The Hall–Kier alpha value is -0.870. The predicted molar refractivity (Wildman–Crippen MR) is 67.6 cm³/mol. The van der Waals surface area contributed by atoms with E-state index >= 15 is 0 Å². The SMILES string of the molecule is CCCn1ncc(Cl)c1C(=O)C(CC)OCC. The zero-order valence-corrected chi connectivity index (χ0v) is 11.3. The van der Waals surface area contributed by atoms with E-state index in [0.717, 1.165) is 6.42 Å². The Bertz CT molecular complexity index is 377. The van der Waals surface area contributed by atoms with E-state index in [2.05, 4.69) is 5.10 Å². The summed E-state index contributed by atoms with van der Waals surface area (Å²) in [6.07, 6.45) is 2.64. The molecule has 1 rings (SSSR count). The second kappa shape index (κ2) is 6.77. The Labute approximate surface area is 107 Å². The number of carbonyl (C=O) groups is 1. The van der Waals surface area contributed by atoms with Gasteiger partial charge in [-0.2, -0.15) is 5.10 Å². The van der Waals surface area contributed by atoms with Crippen LogP contribution in [0.5, 0.6) is 0 Å². The van der Waals surface area contributed by atoms with Crippen LogP contribution in [-0.4, -0.2) is 28.3 Å². The summed E-state index contributed by atoms with van der Waals surface area (Å²) < 4.78 is 7.07. The summed E-state index contributed by atoms with van der Waals surface area (Å²) in [5.74, 6) is -0.0784. The number of Topliss-reactive ketones (excluding diaryl/α,β-unsaturated/α-hetero) is 1. The molecule has 4 nitrogen and oxygen atoms in total. The molecule has 0 aliphatic heterocycles. The van der Waals surface area contributed by atoms with Crippen LogP contribution in [-0.2, 0) is 11.3 Å². The van der Waals surface area contributed by atoms with Gasteiger partial charge in [-0.05, 0) is 19.8 Å². The first-order chi connectivity index (χ1) is 8.15.